The number of hydrogen-bond donors (Lipinski definition) is 0. The van der Waals surface area contributed by atoms with Gasteiger partial charge in [-0.25, -0.2) is 0 Å². The van der Waals surface area contributed by atoms with E-state index >= 15 is 0 Å². The normalized spacial score (nSPS) is 12.0. The summed E-state index contributed by atoms with van der Waals surface area (Å²) >= 11 is 0. The Morgan fingerprint density at radius 1 is 0.538 bits per heavy atom. The molecule has 0 aromatic rings. The minimum atomic E-state index is 0. The van der Waals surface area contributed by atoms with Crippen molar-refractivity contribution < 1.29 is 21.5 Å². The minimum absolute atomic E-state index is 0. The third-order valence-electron chi connectivity index (χ3n) is 5.73. The van der Waals surface area contributed by atoms with Gasteiger partial charge in [-0.2, -0.15) is 0 Å². The first-order valence-electron chi connectivity index (χ1n) is 11.9. The van der Waals surface area contributed by atoms with Crippen LogP contribution in [0.3, 0.4) is 0 Å². The zero-order valence-electron chi connectivity index (χ0n) is 19.0. The molecule has 0 fully saturated rings. The van der Waals surface area contributed by atoms with Gasteiger partial charge in [0.25, 0.3) is 0 Å². The maximum atomic E-state index is 2.44. The second-order valence-electron chi connectivity index (χ2n) is 9.04. The van der Waals surface area contributed by atoms with Crippen molar-refractivity contribution in [3.05, 3.63) is 0 Å². The number of nitrogens with zero attached hydrogens (tertiary/aromatic N) is 1. The van der Waals surface area contributed by atoms with Gasteiger partial charge in [0.1, 0.15) is 0 Å². The second kappa shape index (κ2) is 22.0. The van der Waals surface area contributed by atoms with Crippen LogP contribution in [0.4, 0.5) is 0 Å². The van der Waals surface area contributed by atoms with Crippen molar-refractivity contribution in [2.75, 3.05) is 27.2 Å². The summed E-state index contributed by atoms with van der Waals surface area (Å²) in [6, 6.07) is 3.06. The Bertz CT molecular complexity index is 259. The van der Waals surface area contributed by atoms with Crippen molar-refractivity contribution in [3.8, 4) is 0 Å². The predicted molar refractivity (Wildman–Crippen MR) is 121 cm³/mol. The first-order valence-corrected chi connectivity index (χ1v) is 13.9. The molecule has 0 heterocycles. The Labute approximate surface area is 180 Å². The molecule has 0 aliphatic heterocycles. The number of hydrogen-bond acceptors (Lipinski definition) is 0. The summed E-state index contributed by atoms with van der Waals surface area (Å²) in [5, 5.41) is 0. The van der Waals surface area contributed by atoms with Crippen LogP contribution in [0.2, 0.25) is 12.1 Å². The Morgan fingerprint density at radius 3 is 1.35 bits per heavy atom. The van der Waals surface area contributed by atoms with Gasteiger partial charge in [0.15, 0.2) is 0 Å². The monoisotopic (exact) mass is 449 g/mol. The quantitative estimate of drug-likeness (QED) is 0.150. The fourth-order valence-corrected chi connectivity index (χ4v) is 4.89. The van der Waals surface area contributed by atoms with Gasteiger partial charge >= 0.3 is 0 Å². The van der Waals surface area contributed by atoms with Crippen LogP contribution < -0.4 is 17.0 Å². The number of halogens is 1. The van der Waals surface area contributed by atoms with Crippen molar-refractivity contribution in [3.63, 3.8) is 0 Å². The second-order valence-corrected chi connectivity index (χ2v) is 11.5. The summed E-state index contributed by atoms with van der Waals surface area (Å²) in [4.78, 5) is 0. The van der Waals surface area contributed by atoms with E-state index in [1.165, 1.54) is 120 Å². The molecule has 0 spiro atoms. The summed E-state index contributed by atoms with van der Waals surface area (Å²) in [6.07, 6.45) is 22.0. The van der Waals surface area contributed by atoms with E-state index in [0.717, 1.165) is 0 Å². The van der Waals surface area contributed by atoms with Crippen molar-refractivity contribution in [1.82, 2.24) is 0 Å². The number of quaternary nitrogens is 1. The van der Waals surface area contributed by atoms with Crippen LogP contribution >= 0.6 is 0 Å². The average Bonchev–Trinajstić information content (AvgIpc) is 2.59. The first-order chi connectivity index (χ1) is 12.1. The van der Waals surface area contributed by atoms with Crippen LogP contribution in [0.15, 0.2) is 0 Å². The van der Waals surface area contributed by atoms with Gasteiger partial charge in [0.2, 0.25) is 0 Å². The highest BCUT2D eigenvalue weighted by molar-refractivity contribution is 6.35. The predicted octanol–water partition coefficient (Wildman–Crippen LogP) is 3.96. The topological polar surface area (TPSA) is 0 Å². The molecule has 0 aromatic carbocycles. The summed E-state index contributed by atoms with van der Waals surface area (Å²) in [6.45, 7) is 7.47. The van der Waals surface area contributed by atoms with E-state index in [9.17, 15) is 0 Å². The lowest BCUT2D eigenvalue weighted by Gasteiger charge is -2.30. The van der Waals surface area contributed by atoms with Gasteiger partial charge in [-0.15, -0.1) is 0 Å². The summed E-state index contributed by atoms with van der Waals surface area (Å²) < 4.78 is 1.26. The molecule has 0 amide bonds. The average molecular weight is 451 g/mol. The van der Waals surface area contributed by atoms with Gasteiger partial charge in [-0.3, -0.25) is 0 Å². The van der Waals surface area contributed by atoms with Crippen LogP contribution in [-0.4, -0.2) is 41.2 Å². The lowest BCUT2D eigenvalue weighted by molar-refractivity contribution is -0.890. The molecule has 1 nitrogen and oxygen atoms in total. The van der Waals surface area contributed by atoms with E-state index in [-0.39, 0.29) is 17.0 Å². The first kappa shape index (κ1) is 28.9. The van der Waals surface area contributed by atoms with E-state index in [0.29, 0.717) is 9.52 Å². The molecule has 26 heavy (non-hydrogen) atoms. The van der Waals surface area contributed by atoms with Crippen molar-refractivity contribution >= 4 is 9.52 Å². The fraction of sp³-hybridized carbons (Fsp3) is 1.00. The molecule has 0 atom stereocenters. The van der Waals surface area contributed by atoms with Crippen molar-refractivity contribution in [2.24, 2.45) is 0 Å². The number of rotatable bonds is 20. The van der Waals surface area contributed by atoms with Crippen LogP contribution in [0.5, 0.6) is 0 Å². The van der Waals surface area contributed by atoms with Crippen molar-refractivity contribution in [1.29, 1.82) is 0 Å². The molecule has 0 bridgehead atoms. The standard InChI is InChI=1S/C23H52NSi.BrH/c1-5-7-8-9-10-11-12-13-14-15-16-17-18-19-21-24(3,4)22-20-23-25-6-2;/h5-23,25H2,1-4H3;1H/q+1;/p-1. The molecule has 160 valence electrons. The third kappa shape index (κ3) is 22.7. The summed E-state index contributed by atoms with van der Waals surface area (Å²) in [7, 11) is 5.18. The fourth-order valence-electron chi connectivity index (χ4n) is 3.81. The van der Waals surface area contributed by atoms with Crippen LogP contribution in [0.25, 0.3) is 0 Å². The molecule has 3 heteroatoms. The maximum Gasteiger partial charge on any atom is 0.0782 e. The molecule has 0 radical (unpaired) electrons. The smallest absolute Gasteiger partial charge is 0.0782 e. The Hall–Kier alpha value is 0.657. The van der Waals surface area contributed by atoms with Crippen LogP contribution in [0.1, 0.15) is 110 Å². The van der Waals surface area contributed by atoms with Gasteiger partial charge in [-0.05, 0) is 19.3 Å². The molecular formula is C23H52BrNSi. The van der Waals surface area contributed by atoms with E-state index in [1.54, 1.807) is 6.04 Å². The largest absolute Gasteiger partial charge is 1.00 e. The van der Waals surface area contributed by atoms with Crippen molar-refractivity contribution in [2.45, 2.75) is 122 Å². The lowest BCUT2D eigenvalue weighted by atomic mass is 10.0. The maximum absolute atomic E-state index is 2.44. The third-order valence-corrected chi connectivity index (χ3v) is 7.44. The summed E-state index contributed by atoms with van der Waals surface area (Å²) in [5.41, 5.74) is 0. The molecule has 0 aromatic heterocycles. The molecule has 0 aliphatic carbocycles. The molecular weight excluding hydrogens is 398 g/mol. The lowest BCUT2D eigenvalue weighted by Crippen LogP contribution is -3.00. The molecule has 0 saturated carbocycles. The van der Waals surface area contributed by atoms with E-state index < -0.39 is 0 Å². The van der Waals surface area contributed by atoms with Crippen LogP contribution in [-0.2, 0) is 0 Å². The van der Waals surface area contributed by atoms with Crippen LogP contribution in [0, 0.1) is 0 Å². The van der Waals surface area contributed by atoms with E-state index in [2.05, 4.69) is 27.9 Å². The highest BCUT2D eigenvalue weighted by Crippen LogP contribution is 2.13. The summed E-state index contributed by atoms with van der Waals surface area (Å²) in [5.74, 6) is 0. The van der Waals surface area contributed by atoms with E-state index in [1.807, 2.05) is 0 Å². The van der Waals surface area contributed by atoms with E-state index in [4.69, 9.17) is 0 Å². The molecule has 0 saturated heterocycles. The Kier molecular flexibility index (Phi) is 24.4. The highest BCUT2D eigenvalue weighted by atomic mass is 79.9. The zero-order valence-corrected chi connectivity index (χ0v) is 22.0. The molecule has 0 aliphatic rings. The van der Waals surface area contributed by atoms with Gasteiger partial charge < -0.3 is 21.5 Å². The Morgan fingerprint density at radius 2 is 0.923 bits per heavy atom. The van der Waals surface area contributed by atoms with Gasteiger partial charge in [0.05, 0.1) is 27.2 Å². The molecule has 0 rings (SSSR count). The SMILES string of the molecule is CCCCCCCCCCCCCCCC[N+](C)(C)CCC[SiH2]CC.[Br-]. The number of unbranched alkanes of at least 4 members (excludes halogenated alkanes) is 13. The van der Waals surface area contributed by atoms with Gasteiger partial charge in [-0.1, -0.05) is 103 Å². The molecule has 0 N–H and O–H groups in total. The highest BCUT2D eigenvalue weighted by Gasteiger charge is 2.13. The Balaban J connectivity index is 0. The molecule has 0 unspecified atom stereocenters. The zero-order chi connectivity index (χ0) is 18.6. The van der Waals surface area contributed by atoms with Gasteiger partial charge in [0, 0.05) is 9.52 Å². The minimum Gasteiger partial charge on any atom is -1.00 e.